The highest BCUT2D eigenvalue weighted by atomic mass is 35.5. The van der Waals surface area contributed by atoms with Gasteiger partial charge in [-0.1, -0.05) is 29.8 Å². The fourth-order valence-corrected chi connectivity index (χ4v) is 2.10. The highest BCUT2D eigenvalue weighted by Crippen LogP contribution is 2.24. The maximum Gasteiger partial charge on any atom is 0.272 e. The minimum Gasteiger partial charge on any atom is -0.338 e. The van der Waals surface area contributed by atoms with Crippen LogP contribution in [-0.4, -0.2) is 10.2 Å². The smallest absolute Gasteiger partial charge is 0.272 e. The number of rotatable bonds is 2. The van der Waals surface area contributed by atoms with Gasteiger partial charge in [-0.25, -0.2) is 9.49 Å². The molecule has 3 rings (SSSR count). The summed E-state index contributed by atoms with van der Waals surface area (Å²) in [6, 6.07) is 11.3. The quantitative estimate of drug-likeness (QED) is 0.759. The van der Waals surface area contributed by atoms with Crippen LogP contribution in [-0.2, 0) is 0 Å². The second kappa shape index (κ2) is 4.94. The van der Waals surface area contributed by atoms with E-state index >= 15 is 0 Å². The molecule has 0 fully saturated rings. The van der Waals surface area contributed by atoms with E-state index in [1.165, 1.54) is 12.1 Å². The summed E-state index contributed by atoms with van der Waals surface area (Å²) in [4.78, 5) is 11.7. The van der Waals surface area contributed by atoms with Crippen molar-refractivity contribution in [2.45, 2.75) is 0 Å². The van der Waals surface area contributed by atoms with Crippen molar-refractivity contribution in [2.75, 3.05) is 5.32 Å². The summed E-state index contributed by atoms with van der Waals surface area (Å²) in [5.74, 6) is -0.0145. The van der Waals surface area contributed by atoms with E-state index in [4.69, 9.17) is 11.6 Å². The molecule has 0 unspecified atom stereocenters. The Bertz CT molecular complexity index is 847. The molecule has 0 aliphatic rings. The lowest BCUT2D eigenvalue weighted by molar-refractivity contribution is 0.628. The molecule has 0 aliphatic carbocycles. The Labute approximate surface area is 118 Å². The van der Waals surface area contributed by atoms with E-state index in [1.807, 2.05) is 6.07 Å². The first-order valence-corrected chi connectivity index (χ1v) is 6.22. The van der Waals surface area contributed by atoms with Gasteiger partial charge in [-0.05, 0) is 24.3 Å². The fourth-order valence-electron chi connectivity index (χ4n) is 1.92. The van der Waals surface area contributed by atoms with Gasteiger partial charge in [0.05, 0.1) is 10.4 Å². The highest BCUT2D eigenvalue weighted by molar-refractivity contribution is 6.31. The molecule has 0 atom stereocenters. The number of aromatic nitrogens is 2. The topological polar surface area (TPSA) is 57.8 Å². The lowest BCUT2D eigenvalue weighted by atomic mass is 10.2. The fraction of sp³-hybridized carbons (Fsp3) is 0. The average molecular weight is 290 g/mol. The normalized spacial score (nSPS) is 10.7. The third-order valence-corrected chi connectivity index (χ3v) is 3.17. The van der Waals surface area contributed by atoms with Crippen LogP contribution in [0.5, 0.6) is 0 Å². The molecule has 0 aliphatic heterocycles. The summed E-state index contributed by atoms with van der Waals surface area (Å²) < 4.78 is 13.1. The number of halogens is 2. The Morgan fingerprint density at radius 1 is 1.15 bits per heavy atom. The second-order valence-electron chi connectivity index (χ2n) is 4.20. The van der Waals surface area contributed by atoms with Crippen LogP contribution < -0.4 is 10.9 Å². The Kier molecular flexibility index (Phi) is 3.12. The molecule has 6 heteroatoms. The van der Waals surface area contributed by atoms with Crippen molar-refractivity contribution in [3.63, 3.8) is 0 Å². The van der Waals surface area contributed by atoms with Gasteiger partial charge in [0.25, 0.3) is 5.56 Å². The summed E-state index contributed by atoms with van der Waals surface area (Å²) in [7, 11) is 0. The zero-order valence-corrected chi connectivity index (χ0v) is 10.9. The van der Waals surface area contributed by atoms with Crippen molar-refractivity contribution in [2.24, 2.45) is 0 Å². The zero-order valence-electron chi connectivity index (χ0n) is 10.2. The first-order chi connectivity index (χ1) is 9.65. The van der Waals surface area contributed by atoms with Gasteiger partial charge in [0.1, 0.15) is 5.82 Å². The van der Waals surface area contributed by atoms with E-state index in [0.29, 0.717) is 22.3 Å². The molecule has 0 amide bonds. The predicted octanol–water partition coefficient (Wildman–Crippen LogP) is 3.46. The monoisotopic (exact) mass is 289 g/mol. The lowest BCUT2D eigenvalue weighted by Crippen LogP contribution is -2.10. The van der Waals surface area contributed by atoms with Crippen molar-refractivity contribution >= 4 is 33.9 Å². The highest BCUT2D eigenvalue weighted by Gasteiger charge is 2.07. The van der Waals surface area contributed by atoms with Crippen molar-refractivity contribution in [3.05, 3.63) is 63.7 Å². The van der Waals surface area contributed by atoms with E-state index < -0.39 is 5.82 Å². The minimum absolute atomic E-state index is 0.0173. The molecule has 2 N–H and O–H groups in total. The van der Waals surface area contributed by atoms with Crippen molar-refractivity contribution in [1.82, 2.24) is 10.2 Å². The number of anilines is 2. The maximum atomic E-state index is 13.1. The third-order valence-electron chi connectivity index (χ3n) is 2.88. The third kappa shape index (κ3) is 2.23. The first-order valence-electron chi connectivity index (χ1n) is 5.84. The standard InChI is InChI=1S/C14H9ClFN3O/c15-11-7-8(5-6-12(11)16)17-13-9-3-1-2-4-10(9)14(20)19-18-13/h1-7H,(H,17,18)(H,19,20). The Morgan fingerprint density at radius 2 is 1.90 bits per heavy atom. The van der Waals surface area contributed by atoms with Crippen molar-refractivity contribution < 1.29 is 4.39 Å². The minimum atomic E-state index is -0.489. The number of aromatic amines is 1. The average Bonchev–Trinajstić information content (AvgIpc) is 2.46. The molecule has 100 valence electrons. The van der Waals surface area contributed by atoms with E-state index in [2.05, 4.69) is 15.5 Å². The number of nitrogens with one attached hydrogen (secondary N) is 2. The van der Waals surface area contributed by atoms with Gasteiger partial charge >= 0.3 is 0 Å². The van der Waals surface area contributed by atoms with Gasteiger partial charge in [-0.2, -0.15) is 5.10 Å². The van der Waals surface area contributed by atoms with Crippen LogP contribution >= 0.6 is 11.6 Å². The van der Waals surface area contributed by atoms with E-state index in [0.717, 1.165) is 0 Å². The largest absolute Gasteiger partial charge is 0.338 e. The maximum absolute atomic E-state index is 13.1. The molecule has 0 bridgehead atoms. The van der Waals surface area contributed by atoms with Crippen LogP contribution in [0, 0.1) is 5.82 Å². The van der Waals surface area contributed by atoms with Gasteiger partial charge in [-0.3, -0.25) is 4.79 Å². The van der Waals surface area contributed by atoms with Crippen LogP contribution in [0.1, 0.15) is 0 Å². The molecular formula is C14H9ClFN3O. The van der Waals surface area contributed by atoms with Gasteiger partial charge in [0.2, 0.25) is 0 Å². The molecule has 1 heterocycles. The summed E-state index contributed by atoms with van der Waals surface area (Å²) >= 11 is 5.73. The summed E-state index contributed by atoms with van der Waals surface area (Å²) in [6.45, 7) is 0. The Balaban J connectivity index is 2.09. The summed E-state index contributed by atoms with van der Waals surface area (Å²) in [5, 5.41) is 10.6. The van der Waals surface area contributed by atoms with Gasteiger partial charge in [-0.15, -0.1) is 0 Å². The molecule has 2 aromatic carbocycles. The molecule has 1 aromatic heterocycles. The zero-order chi connectivity index (χ0) is 14.1. The Hall–Kier alpha value is -2.40. The van der Waals surface area contributed by atoms with Crippen molar-refractivity contribution in [3.8, 4) is 0 Å². The van der Waals surface area contributed by atoms with E-state index in [1.54, 1.807) is 24.3 Å². The predicted molar refractivity (Wildman–Crippen MR) is 77.1 cm³/mol. The molecule has 0 saturated carbocycles. The van der Waals surface area contributed by atoms with Crippen LogP contribution in [0.4, 0.5) is 15.9 Å². The number of fused-ring (bicyclic) bond motifs is 1. The van der Waals surface area contributed by atoms with Crippen LogP contribution in [0.15, 0.2) is 47.3 Å². The van der Waals surface area contributed by atoms with Crippen LogP contribution in [0.3, 0.4) is 0 Å². The first kappa shape index (κ1) is 12.6. The van der Waals surface area contributed by atoms with Crippen molar-refractivity contribution in [1.29, 1.82) is 0 Å². The molecule has 0 saturated heterocycles. The molecular weight excluding hydrogens is 281 g/mol. The summed E-state index contributed by atoms with van der Waals surface area (Å²) in [5.41, 5.74) is 0.324. The molecule has 0 spiro atoms. The number of nitrogens with zero attached hydrogens (tertiary/aromatic N) is 1. The molecule has 0 radical (unpaired) electrons. The SMILES string of the molecule is O=c1[nH]nc(Nc2ccc(F)c(Cl)c2)c2ccccc12. The number of hydrogen-bond donors (Lipinski definition) is 2. The van der Waals surface area contributed by atoms with E-state index in [-0.39, 0.29) is 10.6 Å². The van der Waals surface area contributed by atoms with Gasteiger partial charge < -0.3 is 5.32 Å². The second-order valence-corrected chi connectivity index (χ2v) is 4.61. The molecule has 4 nitrogen and oxygen atoms in total. The lowest BCUT2D eigenvalue weighted by Gasteiger charge is -2.08. The molecule has 3 aromatic rings. The van der Waals surface area contributed by atoms with Crippen LogP contribution in [0.25, 0.3) is 10.8 Å². The van der Waals surface area contributed by atoms with E-state index in [9.17, 15) is 9.18 Å². The number of H-pyrrole nitrogens is 1. The van der Waals surface area contributed by atoms with Crippen LogP contribution in [0.2, 0.25) is 5.02 Å². The summed E-state index contributed by atoms with van der Waals surface area (Å²) in [6.07, 6.45) is 0. The molecule has 20 heavy (non-hydrogen) atoms. The van der Waals surface area contributed by atoms with Gasteiger partial charge in [0, 0.05) is 11.1 Å². The number of benzene rings is 2. The van der Waals surface area contributed by atoms with Gasteiger partial charge in [0.15, 0.2) is 5.82 Å². The number of hydrogen-bond acceptors (Lipinski definition) is 3. The Morgan fingerprint density at radius 3 is 2.65 bits per heavy atom.